The molecule has 0 atom stereocenters. The van der Waals surface area contributed by atoms with Gasteiger partial charge in [-0.3, -0.25) is 0 Å². The van der Waals surface area contributed by atoms with E-state index in [1.54, 1.807) is 0 Å². The van der Waals surface area contributed by atoms with Gasteiger partial charge in [-0.2, -0.15) is 0 Å². The van der Waals surface area contributed by atoms with E-state index in [0.29, 0.717) is 11.6 Å². The van der Waals surface area contributed by atoms with Gasteiger partial charge in [-0.05, 0) is 11.1 Å². The fourth-order valence-corrected chi connectivity index (χ4v) is 2.46. The van der Waals surface area contributed by atoms with Crippen LogP contribution >= 0.6 is 0 Å². The number of hydrogen-bond donors (Lipinski definition) is 0. The van der Waals surface area contributed by atoms with E-state index in [2.05, 4.69) is 42.1 Å². The fourth-order valence-electron chi connectivity index (χ4n) is 2.46. The Morgan fingerprint density at radius 3 is 1.15 bits per heavy atom. The van der Waals surface area contributed by atoms with E-state index in [0.717, 1.165) is 22.3 Å². The van der Waals surface area contributed by atoms with Crippen LogP contribution in [0.25, 0.3) is 34.9 Å². The average Bonchev–Trinajstić information content (AvgIpc) is 2.74. The first-order valence-electron chi connectivity index (χ1n) is 8.01. The second kappa shape index (κ2) is 7.40. The van der Waals surface area contributed by atoms with Gasteiger partial charge >= 0.3 is 0 Å². The van der Waals surface area contributed by atoms with Crippen molar-refractivity contribution in [1.29, 1.82) is 0 Å². The molecule has 0 radical (unpaired) electrons. The standard InChI is InChI=1S/C20H14N6/c1(15-3-7-17(8-4-15)19-23-11-21-12-24-19)2-16-5-9-18(10-6-16)20-25-13-22-14-26-20/h1-14H/b2-1+. The van der Waals surface area contributed by atoms with Gasteiger partial charge in [-0.1, -0.05) is 60.7 Å². The van der Waals surface area contributed by atoms with Crippen molar-refractivity contribution in [2.45, 2.75) is 0 Å². The van der Waals surface area contributed by atoms with Gasteiger partial charge in [0.05, 0.1) is 0 Å². The molecule has 0 aliphatic carbocycles. The van der Waals surface area contributed by atoms with Crippen molar-refractivity contribution in [3.8, 4) is 22.8 Å². The second-order valence-electron chi connectivity index (χ2n) is 5.50. The average molecular weight is 338 g/mol. The smallest absolute Gasteiger partial charge is 0.162 e. The van der Waals surface area contributed by atoms with Crippen molar-refractivity contribution in [2.24, 2.45) is 0 Å². The van der Waals surface area contributed by atoms with Crippen molar-refractivity contribution in [1.82, 2.24) is 29.9 Å². The predicted octanol–water partition coefficient (Wildman–Crippen LogP) is 3.56. The molecular weight excluding hydrogens is 324 g/mol. The molecule has 6 heteroatoms. The van der Waals surface area contributed by atoms with Gasteiger partial charge in [0.15, 0.2) is 11.6 Å². The first kappa shape index (κ1) is 15.7. The third-order valence-electron chi connectivity index (χ3n) is 3.79. The maximum Gasteiger partial charge on any atom is 0.162 e. The van der Waals surface area contributed by atoms with E-state index in [-0.39, 0.29) is 0 Å². The molecule has 6 nitrogen and oxygen atoms in total. The van der Waals surface area contributed by atoms with Crippen LogP contribution < -0.4 is 0 Å². The van der Waals surface area contributed by atoms with Crippen molar-refractivity contribution in [3.05, 3.63) is 85.0 Å². The molecule has 4 aromatic rings. The minimum absolute atomic E-state index is 0.671. The Bertz CT molecular complexity index is 913. The zero-order chi connectivity index (χ0) is 17.6. The summed E-state index contributed by atoms with van der Waals surface area (Å²) in [6.07, 6.45) is 10.1. The lowest BCUT2D eigenvalue weighted by Gasteiger charge is -2.01. The lowest BCUT2D eigenvalue weighted by Crippen LogP contribution is -1.89. The number of rotatable bonds is 4. The van der Waals surface area contributed by atoms with Gasteiger partial charge in [-0.15, -0.1) is 0 Å². The molecule has 0 bridgehead atoms. The Kier molecular flexibility index (Phi) is 4.47. The molecule has 0 aliphatic heterocycles. The Balaban J connectivity index is 1.48. The summed E-state index contributed by atoms with van der Waals surface area (Å²) in [5.41, 5.74) is 4.13. The molecule has 0 fully saturated rings. The maximum atomic E-state index is 4.15. The van der Waals surface area contributed by atoms with E-state index < -0.39 is 0 Å². The van der Waals surface area contributed by atoms with Gasteiger partial charge in [0.2, 0.25) is 0 Å². The lowest BCUT2D eigenvalue weighted by molar-refractivity contribution is 1.06. The van der Waals surface area contributed by atoms with Crippen LogP contribution in [0.4, 0.5) is 0 Å². The highest BCUT2D eigenvalue weighted by Gasteiger charge is 2.00. The molecule has 2 heterocycles. The van der Waals surface area contributed by atoms with Gasteiger partial charge < -0.3 is 0 Å². The molecule has 2 aromatic carbocycles. The van der Waals surface area contributed by atoms with Crippen LogP contribution in [0.1, 0.15) is 11.1 Å². The van der Waals surface area contributed by atoms with Crippen molar-refractivity contribution < 1.29 is 0 Å². The molecule has 0 N–H and O–H groups in total. The monoisotopic (exact) mass is 338 g/mol. The third-order valence-corrected chi connectivity index (χ3v) is 3.79. The van der Waals surface area contributed by atoms with Crippen LogP contribution in [0, 0.1) is 0 Å². The highest BCUT2D eigenvalue weighted by atomic mass is 15.0. The van der Waals surface area contributed by atoms with Gasteiger partial charge in [0, 0.05) is 11.1 Å². The third kappa shape index (κ3) is 3.64. The normalized spacial score (nSPS) is 10.9. The summed E-state index contributed by atoms with van der Waals surface area (Å²) in [6.45, 7) is 0. The van der Waals surface area contributed by atoms with Crippen LogP contribution in [-0.2, 0) is 0 Å². The Hall–Kier alpha value is -3.80. The molecule has 0 spiro atoms. The Labute approximate surface area is 150 Å². The summed E-state index contributed by atoms with van der Waals surface area (Å²) in [4.78, 5) is 24.3. The summed E-state index contributed by atoms with van der Waals surface area (Å²) in [7, 11) is 0. The molecule has 0 aliphatic rings. The first-order chi connectivity index (χ1) is 12.9. The number of nitrogens with zero attached hydrogens (tertiary/aromatic N) is 6. The van der Waals surface area contributed by atoms with Crippen LogP contribution in [0.15, 0.2) is 73.8 Å². The molecule has 0 saturated carbocycles. The summed E-state index contributed by atoms with van der Waals surface area (Å²) in [5, 5.41) is 0. The van der Waals surface area contributed by atoms with Crippen LogP contribution in [-0.4, -0.2) is 29.9 Å². The summed E-state index contributed by atoms with van der Waals surface area (Å²) < 4.78 is 0. The Morgan fingerprint density at radius 2 is 0.808 bits per heavy atom. The number of hydrogen-bond acceptors (Lipinski definition) is 6. The molecule has 0 unspecified atom stereocenters. The van der Waals surface area contributed by atoms with E-state index in [9.17, 15) is 0 Å². The minimum atomic E-state index is 0.671. The number of benzene rings is 2. The number of aromatic nitrogens is 6. The van der Waals surface area contributed by atoms with E-state index >= 15 is 0 Å². The van der Waals surface area contributed by atoms with Crippen LogP contribution in [0.2, 0.25) is 0 Å². The molecule has 0 saturated heterocycles. The van der Waals surface area contributed by atoms with Crippen molar-refractivity contribution in [3.63, 3.8) is 0 Å². The van der Waals surface area contributed by atoms with Crippen molar-refractivity contribution in [2.75, 3.05) is 0 Å². The van der Waals surface area contributed by atoms with Crippen molar-refractivity contribution >= 4 is 12.2 Å². The van der Waals surface area contributed by atoms with E-state index in [1.165, 1.54) is 25.3 Å². The topological polar surface area (TPSA) is 77.3 Å². The predicted molar refractivity (Wildman–Crippen MR) is 99.5 cm³/mol. The molecule has 4 rings (SSSR count). The molecule has 124 valence electrons. The molecular formula is C20H14N6. The highest BCUT2D eigenvalue weighted by Crippen LogP contribution is 2.18. The zero-order valence-corrected chi connectivity index (χ0v) is 13.8. The molecule has 2 aromatic heterocycles. The summed E-state index contributed by atoms with van der Waals surface area (Å²) in [6, 6.07) is 16.1. The molecule has 0 amide bonds. The quantitative estimate of drug-likeness (QED) is 0.530. The largest absolute Gasteiger partial charge is 0.225 e. The SMILES string of the molecule is C(=C\c1ccc(-c2ncncn2)cc1)/c1ccc(-c2ncncn2)cc1. The Morgan fingerprint density at radius 1 is 0.462 bits per heavy atom. The molecule has 26 heavy (non-hydrogen) atoms. The van der Waals surface area contributed by atoms with E-state index in [1.807, 2.05) is 48.5 Å². The lowest BCUT2D eigenvalue weighted by atomic mass is 10.1. The van der Waals surface area contributed by atoms with Crippen LogP contribution in [0.3, 0.4) is 0 Å². The minimum Gasteiger partial charge on any atom is -0.225 e. The summed E-state index contributed by atoms with van der Waals surface area (Å²) in [5.74, 6) is 1.34. The maximum absolute atomic E-state index is 4.15. The zero-order valence-electron chi connectivity index (χ0n) is 13.8. The summed E-state index contributed by atoms with van der Waals surface area (Å²) >= 11 is 0. The van der Waals surface area contributed by atoms with Gasteiger partial charge in [0.1, 0.15) is 25.3 Å². The first-order valence-corrected chi connectivity index (χ1v) is 8.01. The second-order valence-corrected chi connectivity index (χ2v) is 5.50. The highest BCUT2D eigenvalue weighted by molar-refractivity contribution is 5.72. The fraction of sp³-hybridized carbons (Fsp3) is 0. The van der Waals surface area contributed by atoms with Gasteiger partial charge in [-0.25, -0.2) is 29.9 Å². The van der Waals surface area contributed by atoms with E-state index in [4.69, 9.17) is 0 Å². The van der Waals surface area contributed by atoms with Gasteiger partial charge in [0.25, 0.3) is 0 Å². The van der Waals surface area contributed by atoms with Crippen LogP contribution in [0.5, 0.6) is 0 Å².